The predicted molar refractivity (Wildman–Crippen MR) is 136 cm³/mol. The average Bonchev–Trinajstić information content (AvgIpc) is 3.47. The summed E-state index contributed by atoms with van der Waals surface area (Å²) in [5, 5.41) is 11.8. The van der Waals surface area contributed by atoms with Gasteiger partial charge in [0.15, 0.2) is 10.8 Å². The summed E-state index contributed by atoms with van der Waals surface area (Å²) in [6, 6.07) is 5.64. The minimum absolute atomic E-state index is 0.122. The fraction of sp³-hybridized carbons (Fsp3) is 0.348. The van der Waals surface area contributed by atoms with Crippen LogP contribution in [0.2, 0.25) is 0 Å². The van der Waals surface area contributed by atoms with Crippen LogP contribution in [0.25, 0.3) is 16.5 Å². The van der Waals surface area contributed by atoms with E-state index in [-0.39, 0.29) is 11.2 Å². The third-order valence-corrected chi connectivity index (χ3v) is 7.38. The Bertz CT molecular complexity index is 1230. The number of hydrogen-bond acceptors (Lipinski definition) is 10. The smallest absolute Gasteiger partial charge is 0.239 e. The first-order valence-corrected chi connectivity index (χ1v) is 12.5. The van der Waals surface area contributed by atoms with E-state index in [1.807, 2.05) is 54.4 Å². The van der Waals surface area contributed by atoms with Crippen molar-refractivity contribution in [3.8, 4) is 28.0 Å². The van der Waals surface area contributed by atoms with E-state index in [0.717, 1.165) is 22.1 Å². The van der Waals surface area contributed by atoms with Crippen molar-refractivity contribution in [1.29, 1.82) is 0 Å². The van der Waals surface area contributed by atoms with Gasteiger partial charge in [0.2, 0.25) is 5.95 Å². The summed E-state index contributed by atoms with van der Waals surface area (Å²) in [7, 11) is 3.26. The predicted octanol–water partition coefficient (Wildman–Crippen LogP) is 5.07. The number of nitrogens with zero attached hydrogens (tertiary/aromatic N) is 6. The maximum absolute atomic E-state index is 5.67. The van der Waals surface area contributed by atoms with Crippen LogP contribution in [-0.4, -0.2) is 49.2 Å². The van der Waals surface area contributed by atoms with Crippen molar-refractivity contribution in [3.63, 3.8) is 0 Å². The number of benzene rings is 1. The van der Waals surface area contributed by atoms with Gasteiger partial charge < -0.3 is 9.47 Å². The van der Waals surface area contributed by atoms with Crippen LogP contribution in [0, 0.1) is 13.8 Å². The summed E-state index contributed by atoms with van der Waals surface area (Å²) < 4.78 is 16.6. The molecular formula is C23H27N7O2S2. The van der Waals surface area contributed by atoms with Crippen LogP contribution >= 0.6 is 23.3 Å². The Labute approximate surface area is 207 Å². The van der Waals surface area contributed by atoms with Gasteiger partial charge in [0.1, 0.15) is 23.0 Å². The van der Waals surface area contributed by atoms with Crippen molar-refractivity contribution >= 4 is 29.2 Å². The zero-order valence-electron chi connectivity index (χ0n) is 19.9. The summed E-state index contributed by atoms with van der Waals surface area (Å²) in [4.78, 5) is 13.6. The second kappa shape index (κ2) is 10.4. The number of aryl methyl sites for hydroxylation is 2. The van der Waals surface area contributed by atoms with Crippen molar-refractivity contribution < 1.29 is 9.47 Å². The molecule has 0 bridgehead atoms. The standard InChI is InChI=1S/C23H27N7O2S2/c1-13-10-24-20(25-11-13)15(3)16(4)34-29-23-28-27-21(22-26-14(2)12-33-22)30(23)19-17(31-5)8-7-9-18(19)32-6/h7-12,15-16H,1-6H3,(H,28,29). The Morgan fingerprint density at radius 1 is 1.03 bits per heavy atom. The Kier molecular flexibility index (Phi) is 7.32. The van der Waals surface area contributed by atoms with Gasteiger partial charge in [-0.2, -0.15) is 0 Å². The van der Waals surface area contributed by atoms with Crippen LogP contribution in [0.3, 0.4) is 0 Å². The third-order valence-electron chi connectivity index (χ3n) is 5.35. The van der Waals surface area contributed by atoms with Crippen molar-refractivity contribution in [3.05, 3.63) is 53.1 Å². The van der Waals surface area contributed by atoms with Crippen LogP contribution in [0.4, 0.5) is 5.95 Å². The number of thiazole rings is 1. The number of anilines is 1. The van der Waals surface area contributed by atoms with Gasteiger partial charge in [0.05, 0.1) is 14.2 Å². The summed E-state index contributed by atoms with van der Waals surface area (Å²) in [5.74, 6) is 3.34. The van der Waals surface area contributed by atoms with Crippen LogP contribution in [0.5, 0.6) is 11.5 Å². The second-order valence-corrected chi connectivity index (χ2v) is 9.86. The maximum atomic E-state index is 5.67. The molecule has 1 aromatic carbocycles. The second-order valence-electron chi connectivity index (χ2n) is 7.82. The number of ether oxygens (including phenoxy) is 2. The Morgan fingerprint density at radius 2 is 1.71 bits per heavy atom. The molecule has 3 aromatic heterocycles. The van der Waals surface area contributed by atoms with Crippen molar-refractivity contribution in [1.82, 2.24) is 29.7 Å². The SMILES string of the molecule is COc1cccc(OC)c1-n1c(NSC(C)C(C)c2ncc(C)cn2)nnc1-c1nc(C)cs1. The summed E-state index contributed by atoms with van der Waals surface area (Å²) >= 11 is 3.05. The molecule has 0 radical (unpaired) electrons. The molecule has 34 heavy (non-hydrogen) atoms. The highest BCUT2D eigenvalue weighted by Crippen LogP contribution is 2.39. The average molecular weight is 498 g/mol. The largest absolute Gasteiger partial charge is 0.494 e. The lowest BCUT2D eigenvalue weighted by Crippen LogP contribution is -2.15. The van der Waals surface area contributed by atoms with E-state index in [0.29, 0.717) is 29.0 Å². The molecule has 2 atom stereocenters. The molecular weight excluding hydrogens is 470 g/mol. The summed E-state index contributed by atoms with van der Waals surface area (Å²) in [6.07, 6.45) is 3.69. The molecule has 2 unspecified atom stereocenters. The third kappa shape index (κ3) is 4.85. The molecule has 0 fully saturated rings. The number of hydrogen-bond donors (Lipinski definition) is 1. The van der Waals surface area contributed by atoms with Gasteiger partial charge in [0.25, 0.3) is 0 Å². The molecule has 0 amide bonds. The van der Waals surface area contributed by atoms with Crippen LogP contribution in [-0.2, 0) is 0 Å². The molecule has 0 spiro atoms. The lowest BCUT2D eigenvalue weighted by Gasteiger charge is -2.20. The highest BCUT2D eigenvalue weighted by Gasteiger charge is 2.25. The molecule has 0 aliphatic carbocycles. The normalized spacial score (nSPS) is 12.9. The van der Waals surface area contributed by atoms with E-state index >= 15 is 0 Å². The number of para-hydroxylation sites is 1. The van der Waals surface area contributed by atoms with Gasteiger partial charge in [-0.25, -0.2) is 15.0 Å². The van der Waals surface area contributed by atoms with Gasteiger partial charge in [-0.05, 0) is 43.5 Å². The van der Waals surface area contributed by atoms with Gasteiger partial charge in [-0.1, -0.05) is 19.9 Å². The minimum Gasteiger partial charge on any atom is -0.494 e. The lowest BCUT2D eigenvalue weighted by atomic mass is 10.1. The first-order chi connectivity index (χ1) is 16.4. The van der Waals surface area contributed by atoms with E-state index < -0.39 is 0 Å². The molecule has 1 N–H and O–H groups in total. The molecule has 0 aliphatic rings. The van der Waals surface area contributed by atoms with E-state index in [9.17, 15) is 0 Å². The van der Waals surface area contributed by atoms with Crippen molar-refractivity contribution in [2.24, 2.45) is 0 Å². The number of aromatic nitrogens is 6. The van der Waals surface area contributed by atoms with Crippen LogP contribution in [0.1, 0.15) is 36.8 Å². The van der Waals surface area contributed by atoms with Gasteiger partial charge in [-0.3, -0.25) is 9.29 Å². The first kappa shape index (κ1) is 24.0. The lowest BCUT2D eigenvalue weighted by molar-refractivity contribution is 0.391. The Balaban J connectivity index is 1.70. The fourth-order valence-electron chi connectivity index (χ4n) is 3.30. The van der Waals surface area contributed by atoms with E-state index in [1.54, 1.807) is 14.2 Å². The molecule has 0 saturated heterocycles. The highest BCUT2D eigenvalue weighted by atomic mass is 32.2. The van der Waals surface area contributed by atoms with Gasteiger partial charge in [0, 0.05) is 34.6 Å². The maximum Gasteiger partial charge on any atom is 0.239 e. The van der Waals surface area contributed by atoms with E-state index in [4.69, 9.17) is 9.47 Å². The van der Waals surface area contributed by atoms with E-state index in [2.05, 4.69) is 43.7 Å². The van der Waals surface area contributed by atoms with Crippen molar-refractivity contribution in [2.45, 2.75) is 38.9 Å². The quantitative estimate of drug-likeness (QED) is 0.318. The van der Waals surface area contributed by atoms with E-state index in [1.165, 1.54) is 23.3 Å². The number of nitrogens with one attached hydrogen (secondary N) is 1. The molecule has 178 valence electrons. The van der Waals surface area contributed by atoms with Gasteiger partial charge >= 0.3 is 0 Å². The number of methoxy groups -OCH3 is 2. The highest BCUT2D eigenvalue weighted by molar-refractivity contribution is 8.01. The summed E-state index contributed by atoms with van der Waals surface area (Å²) in [5.41, 5.74) is 2.66. The molecule has 0 saturated carbocycles. The minimum atomic E-state index is 0.122. The fourth-order valence-corrected chi connectivity index (χ4v) is 4.82. The molecule has 9 nitrogen and oxygen atoms in total. The van der Waals surface area contributed by atoms with Crippen LogP contribution < -0.4 is 14.2 Å². The monoisotopic (exact) mass is 497 g/mol. The molecule has 3 heterocycles. The Morgan fingerprint density at radius 3 is 2.29 bits per heavy atom. The van der Waals surface area contributed by atoms with Crippen LogP contribution in [0.15, 0.2) is 36.0 Å². The van der Waals surface area contributed by atoms with Crippen molar-refractivity contribution in [2.75, 3.05) is 18.9 Å². The zero-order chi connectivity index (χ0) is 24.2. The topological polar surface area (TPSA) is 99.9 Å². The summed E-state index contributed by atoms with van der Waals surface area (Å²) in [6.45, 7) is 8.17. The number of rotatable bonds is 9. The molecule has 0 aliphatic heterocycles. The first-order valence-electron chi connectivity index (χ1n) is 10.7. The Hall–Kier alpha value is -3.18. The molecule has 4 rings (SSSR count). The van der Waals surface area contributed by atoms with Gasteiger partial charge in [-0.15, -0.1) is 21.5 Å². The molecule has 4 aromatic rings. The zero-order valence-corrected chi connectivity index (χ0v) is 21.6. The molecule has 11 heteroatoms.